The number of nitrogens with one attached hydrogen (secondary N) is 2. The number of carbonyl (C=O) groups is 2. The molecule has 4 rings (SSSR count). The average molecular weight is 436 g/mol. The third-order valence-corrected chi connectivity index (χ3v) is 5.22. The Morgan fingerprint density at radius 2 is 1.77 bits per heavy atom. The van der Waals surface area contributed by atoms with Crippen molar-refractivity contribution in [3.8, 4) is 11.6 Å². The number of carbonyl (C=O) groups excluding carboxylic acids is 2. The summed E-state index contributed by atoms with van der Waals surface area (Å²) < 4.78 is 18.3. The van der Waals surface area contributed by atoms with E-state index in [0.29, 0.717) is 22.3 Å². The number of rotatable bonds is 7. The van der Waals surface area contributed by atoms with Crippen molar-refractivity contribution in [3.05, 3.63) is 72.7 Å². The predicted octanol–water partition coefficient (Wildman–Crippen LogP) is 3.88. The minimum Gasteiger partial charge on any atom is -0.461 e. The van der Waals surface area contributed by atoms with Gasteiger partial charge in [-0.3, -0.25) is 9.59 Å². The molecule has 156 valence electrons. The smallest absolute Gasteiger partial charge is 0.243 e. The van der Waals surface area contributed by atoms with Gasteiger partial charge in [0, 0.05) is 11.1 Å². The van der Waals surface area contributed by atoms with E-state index in [1.54, 1.807) is 18.4 Å². The van der Waals surface area contributed by atoms with Gasteiger partial charge < -0.3 is 15.1 Å². The highest BCUT2D eigenvalue weighted by Crippen LogP contribution is 2.28. The molecule has 2 aromatic heterocycles. The van der Waals surface area contributed by atoms with Crippen molar-refractivity contribution < 1.29 is 18.4 Å². The molecule has 4 aromatic rings. The zero-order chi connectivity index (χ0) is 21.6. The van der Waals surface area contributed by atoms with E-state index in [0.717, 1.165) is 10.9 Å². The molecular weight excluding hydrogens is 419 g/mol. The van der Waals surface area contributed by atoms with Crippen molar-refractivity contribution in [1.82, 2.24) is 15.3 Å². The molecule has 0 saturated carbocycles. The largest absolute Gasteiger partial charge is 0.461 e. The van der Waals surface area contributed by atoms with Gasteiger partial charge in [-0.05, 0) is 42.5 Å². The Morgan fingerprint density at radius 1 is 0.968 bits per heavy atom. The lowest BCUT2D eigenvalue weighted by Crippen LogP contribution is -2.33. The summed E-state index contributed by atoms with van der Waals surface area (Å²) in [6, 6.07) is 16.4. The Morgan fingerprint density at radius 3 is 2.55 bits per heavy atom. The second-order valence-corrected chi connectivity index (χ2v) is 7.43. The first-order valence-corrected chi connectivity index (χ1v) is 10.3. The van der Waals surface area contributed by atoms with Crippen LogP contribution in [0.1, 0.15) is 0 Å². The molecule has 0 aliphatic rings. The van der Waals surface area contributed by atoms with Crippen LogP contribution in [-0.4, -0.2) is 34.1 Å². The van der Waals surface area contributed by atoms with Crippen molar-refractivity contribution in [2.75, 3.05) is 17.6 Å². The van der Waals surface area contributed by atoms with E-state index in [-0.39, 0.29) is 18.2 Å². The highest BCUT2D eigenvalue weighted by molar-refractivity contribution is 8.00. The van der Waals surface area contributed by atoms with E-state index < -0.39 is 11.7 Å². The number of benzene rings is 2. The van der Waals surface area contributed by atoms with Crippen LogP contribution in [0.15, 0.2) is 76.4 Å². The van der Waals surface area contributed by atoms with Crippen molar-refractivity contribution in [3.63, 3.8) is 0 Å². The van der Waals surface area contributed by atoms with Crippen LogP contribution in [0.4, 0.5) is 10.1 Å². The number of amides is 2. The van der Waals surface area contributed by atoms with E-state index >= 15 is 0 Å². The molecule has 0 fully saturated rings. The summed E-state index contributed by atoms with van der Waals surface area (Å²) in [5.74, 6) is -0.0720. The molecule has 9 heteroatoms. The van der Waals surface area contributed by atoms with E-state index in [4.69, 9.17) is 4.42 Å². The van der Waals surface area contributed by atoms with Gasteiger partial charge in [0.1, 0.15) is 10.8 Å². The Hall–Kier alpha value is -3.72. The van der Waals surface area contributed by atoms with Crippen molar-refractivity contribution in [1.29, 1.82) is 0 Å². The number of anilines is 1. The molecule has 2 heterocycles. The minimum atomic E-state index is -0.405. The van der Waals surface area contributed by atoms with Gasteiger partial charge in [-0.1, -0.05) is 30.0 Å². The van der Waals surface area contributed by atoms with E-state index in [1.165, 1.54) is 36.0 Å². The lowest BCUT2D eigenvalue weighted by Gasteiger charge is -2.09. The lowest BCUT2D eigenvalue weighted by molar-refractivity contribution is -0.122. The second-order valence-electron chi connectivity index (χ2n) is 6.47. The molecule has 31 heavy (non-hydrogen) atoms. The third kappa shape index (κ3) is 5.26. The Balaban J connectivity index is 1.37. The molecular formula is C22H17FN4O3S. The zero-order valence-electron chi connectivity index (χ0n) is 16.2. The highest BCUT2D eigenvalue weighted by Gasteiger charge is 2.13. The Bertz CT molecular complexity index is 1210. The first kappa shape index (κ1) is 20.5. The Kier molecular flexibility index (Phi) is 6.23. The third-order valence-electron chi connectivity index (χ3n) is 4.22. The molecule has 0 atom stereocenters. The van der Waals surface area contributed by atoms with E-state index in [2.05, 4.69) is 20.6 Å². The molecule has 2 aromatic carbocycles. The maximum absolute atomic E-state index is 12.9. The number of hydrogen-bond donors (Lipinski definition) is 2. The van der Waals surface area contributed by atoms with Gasteiger partial charge in [-0.15, -0.1) is 0 Å². The first-order valence-electron chi connectivity index (χ1n) is 9.34. The molecule has 0 saturated heterocycles. The summed E-state index contributed by atoms with van der Waals surface area (Å²) in [4.78, 5) is 33.3. The summed E-state index contributed by atoms with van der Waals surface area (Å²) in [5.41, 5.74) is 1.19. The number of hydrogen-bond acceptors (Lipinski definition) is 6. The molecule has 7 nitrogen and oxygen atoms in total. The van der Waals surface area contributed by atoms with Crippen LogP contribution >= 0.6 is 11.8 Å². The highest BCUT2D eigenvalue weighted by atomic mass is 32.2. The van der Waals surface area contributed by atoms with Gasteiger partial charge in [0.25, 0.3) is 0 Å². The van der Waals surface area contributed by atoms with Crippen LogP contribution in [0.25, 0.3) is 22.5 Å². The lowest BCUT2D eigenvalue weighted by atomic mass is 10.2. The molecule has 0 radical (unpaired) electrons. The maximum Gasteiger partial charge on any atom is 0.243 e. The van der Waals surface area contributed by atoms with Gasteiger partial charge in [0.15, 0.2) is 11.6 Å². The average Bonchev–Trinajstić information content (AvgIpc) is 3.32. The number of thioether (sulfide) groups is 1. The van der Waals surface area contributed by atoms with Crippen molar-refractivity contribution >= 4 is 40.2 Å². The van der Waals surface area contributed by atoms with Gasteiger partial charge in [-0.25, -0.2) is 14.4 Å². The fraction of sp³-hybridized carbons (Fsp3) is 0.0909. The first-order chi connectivity index (χ1) is 15.1. The van der Waals surface area contributed by atoms with Gasteiger partial charge in [0.05, 0.1) is 24.1 Å². The summed E-state index contributed by atoms with van der Waals surface area (Å²) in [5, 5.41) is 6.62. The van der Waals surface area contributed by atoms with Crippen molar-refractivity contribution in [2.24, 2.45) is 0 Å². The molecule has 2 N–H and O–H groups in total. The molecule has 0 aliphatic heterocycles. The molecule has 0 aliphatic carbocycles. The fourth-order valence-electron chi connectivity index (χ4n) is 2.78. The van der Waals surface area contributed by atoms with Gasteiger partial charge >= 0.3 is 0 Å². The molecule has 0 bridgehead atoms. The van der Waals surface area contributed by atoms with Crippen LogP contribution < -0.4 is 10.6 Å². The van der Waals surface area contributed by atoms with Crippen LogP contribution in [0.5, 0.6) is 0 Å². The topological polar surface area (TPSA) is 97.1 Å². The van der Waals surface area contributed by atoms with E-state index in [1.807, 2.05) is 24.3 Å². The van der Waals surface area contributed by atoms with Crippen LogP contribution in [0, 0.1) is 5.82 Å². The van der Waals surface area contributed by atoms with Crippen LogP contribution in [0.2, 0.25) is 0 Å². The second kappa shape index (κ2) is 9.40. The number of nitrogens with zero attached hydrogens (tertiary/aromatic N) is 2. The fourth-order valence-corrected chi connectivity index (χ4v) is 3.62. The molecule has 0 spiro atoms. The monoisotopic (exact) mass is 436 g/mol. The SMILES string of the molecule is O=C(CSc1nc(-c2ccco2)nc2ccccc12)NCC(=O)Nc1ccc(F)cc1. The molecule has 0 unspecified atom stereocenters. The summed E-state index contributed by atoms with van der Waals surface area (Å²) in [6.45, 7) is -0.195. The minimum absolute atomic E-state index is 0.0719. The van der Waals surface area contributed by atoms with Gasteiger partial charge in [-0.2, -0.15) is 0 Å². The normalized spacial score (nSPS) is 10.7. The summed E-state index contributed by atoms with van der Waals surface area (Å²) >= 11 is 1.25. The standard InChI is InChI=1S/C22H17FN4O3S/c23-14-7-9-15(10-8-14)25-19(28)12-24-20(29)13-31-22-16-4-1-2-5-17(16)26-21(27-22)18-6-3-11-30-18/h1-11H,12-13H2,(H,24,29)(H,25,28). The van der Waals surface area contributed by atoms with E-state index in [9.17, 15) is 14.0 Å². The number of furan rings is 1. The number of fused-ring (bicyclic) bond motifs is 1. The zero-order valence-corrected chi connectivity index (χ0v) is 17.0. The number of aromatic nitrogens is 2. The number of para-hydroxylation sites is 1. The van der Waals surface area contributed by atoms with Gasteiger partial charge in [0.2, 0.25) is 11.8 Å². The quantitative estimate of drug-likeness (QED) is 0.337. The number of halogens is 1. The maximum atomic E-state index is 12.9. The van der Waals surface area contributed by atoms with Crippen LogP contribution in [-0.2, 0) is 9.59 Å². The summed E-state index contributed by atoms with van der Waals surface area (Å²) in [7, 11) is 0. The summed E-state index contributed by atoms with van der Waals surface area (Å²) in [6.07, 6.45) is 1.55. The molecule has 2 amide bonds. The predicted molar refractivity (Wildman–Crippen MR) is 116 cm³/mol. The Labute approximate surface area is 181 Å². The van der Waals surface area contributed by atoms with Crippen molar-refractivity contribution in [2.45, 2.75) is 5.03 Å². The van der Waals surface area contributed by atoms with Crippen LogP contribution in [0.3, 0.4) is 0 Å².